The smallest absolute Gasteiger partial charge is 0.308 e. The quantitative estimate of drug-likeness (QED) is 0.103. The van der Waals surface area contributed by atoms with Crippen LogP contribution in [0.2, 0.25) is 0 Å². The van der Waals surface area contributed by atoms with Crippen molar-refractivity contribution in [2.75, 3.05) is 6.54 Å². The molecule has 0 aromatic rings. The molecule has 12 bridgehead atoms. The van der Waals surface area contributed by atoms with Crippen LogP contribution in [0.5, 0.6) is 0 Å². The normalized spacial score (nSPS) is 57.9. The third-order valence-corrected chi connectivity index (χ3v) is 21.5. The molecule has 0 radical (unpaired) electrons. The number of carbonyl (C=O) groups excluding carboxylic acids is 1. The van der Waals surface area contributed by atoms with E-state index in [1.54, 1.807) is 0 Å². The first kappa shape index (κ1) is 52.5. The van der Waals surface area contributed by atoms with Crippen LogP contribution in [0, 0.1) is 23.7 Å². The van der Waals surface area contributed by atoms with E-state index in [0.29, 0.717) is 64.2 Å². The molecule has 0 aromatic carbocycles. The summed E-state index contributed by atoms with van der Waals surface area (Å²) >= 11 is 0. The van der Waals surface area contributed by atoms with Gasteiger partial charge in [0.15, 0.2) is 17.4 Å². The minimum Gasteiger partial charge on any atom is -0.459 e. The SMILES string of the molecule is C=C1C[C@@H]2CC[C@@]34C[C@H]5OC6C(O3)[C@H]3O[C@H](CC[C@@H]3O[C@H]6C5O4)CC(=O)O[C@@H]3[C@@H](C)[C@@H]4O[C@@H]5C[C@]6(C[C@@H]7O[C@]8(C[C@H](C)[C@@H]9O[C@H](CN=[N+]=[N-])[C@H](O)C[C@@H]9O8)C[C@H](C)[C@@H]7O6)O[C@@H]5C[C@@H]4O[C@H]3C[C@H]3O[C@@H](CC[C@@H]1O2)C[C@@H](C)C3=C. The van der Waals surface area contributed by atoms with Gasteiger partial charge in [0.1, 0.15) is 36.6 Å². The largest absolute Gasteiger partial charge is 0.459 e. The van der Waals surface area contributed by atoms with Crippen LogP contribution in [0.3, 0.4) is 0 Å². The topological polar surface area (TPSA) is 225 Å². The van der Waals surface area contributed by atoms with Crippen LogP contribution in [-0.2, 0) is 75.8 Å². The maximum Gasteiger partial charge on any atom is 0.308 e. The van der Waals surface area contributed by atoms with Gasteiger partial charge in [-0.2, -0.15) is 0 Å². The number of hydrogen-bond acceptors (Lipinski definition) is 18. The van der Waals surface area contributed by atoms with Crippen molar-refractivity contribution in [2.45, 2.75) is 301 Å². The fourth-order valence-corrected chi connectivity index (χ4v) is 17.9. The molecule has 1 N–H and O–H groups in total. The summed E-state index contributed by atoms with van der Waals surface area (Å²) in [6.07, 6.45) is 2.96. The van der Waals surface area contributed by atoms with Gasteiger partial charge in [-0.05, 0) is 79.4 Å². The van der Waals surface area contributed by atoms with Gasteiger partial charge in [-0.15, -0.1) is 0 Å². The lowest BCUT2D eigenvalue weighted by Gasteiger charge is -2.54. The zero-order valence-corrected chi connectivity index (χ0v) is 45.6. The number of ether oxygens (including phenoxy) is 15. The molecule has 31 atom stereocenters. The van der Waals surface area contributed by atoms with Crippen molar-refractivity contribution < 1.29 is 81.0 Å². The summed E-state index contributed by atoms with van der Waals surface area (Å²) in [6.45, 7) is 17.9. The van der Waals surface area contributed by atoms with Crippen LogP contribution in [0.25, 0.3) is 10.4 Å². The van der Waals surface area contributed by atoms with E-state index in [9.17, 15) is 9.90 Å². The minimum atomic E-state index is -0.925. The highest BCUT2D eigenvalue weighted by Crippen LogP contribution is 2.58. The zero-order chi connectivity index (χ0) is 53.1. The number of aliphatic hydroxyl groups excluding tert-OH is 1. The van der Waals surface area contributed by atoms with E-state index < -0.39 is 60.1 Å². The highest BCUT2D eigenvalue weighted by molar-refractivity contribution is 5.70. The van der Waals surface area contributed by atoms with Crippen molar-refractivity contribution in [3.8, 4) is 0 Å². The van der Waals surface area contributed by atoms with Crippen molar-refractivity contribution in [2.24, 2.45) is 28.8 Å². The molecule has 0 aliphatic carbocycles. The Balaban J connectivity index is 0.661. The summed E-state index contributed by atoms with van der Waals surface area (Å²) in [7, 11) is 0. The van der Waals surface area contributed by atoms with Crippen LogP contribution in [0.15, 0.2) is 29.4 Å². The molecule has 16 heterocycles. The number of aliphatic hydroxyl groups is 1. The summed E-state index contributed by atoms with van der Waals surface area (Å²) in [5, 5.41) is 14.7. The van der Waals surface area contributed by atoms with E-state index >= 15 is 0 Å². The maximum atomic E-state index is 14.6. The first-order valence-electron chi connectivity index (χ1n) is 30.1. The number of carbonyl (C=O) groups is 1. The highest BCUT2D eigenvalue weighted by Gasteiger charge is 2.70. The molecule has 78 heavy (non-hydrogen) atoms. The van der Waals surface area contributed by atoms with Crippen LogP contribution >= 0.6 is 0 Å². The van der Waals surface area contributed by atoms with Gasteiger partial charge in [-0.3, -0.25) is 4.79 Å². The van der Waals surface area contributed by atoms with Gasteiger partial charge < -0.3 is 76.2 Å². The Morgan fingerprint density at radius 1 is 0.538 bits per heavy atom. The number of nitrogens with zero attached hydrogens (tertiary/aromatic N) is 3. The summed E-state index contributed by atoms with van der Waals surface area (Å²) < 4.78 is 103. The van der Waals surface area contributed by atoms with Crippen molar-refractivity contribution in [3.05, 3.63) is 34.7 Å². The lowest BCUT2D eigenvalue weighted by molar-refractivity contribution is -0.370. The minimum absolute atomic E-state index is 0.0155. The highest BCUT2D eigenvalue weighted by atomic mass is 16.8. The Morgan fingerprint density at radius 2 is 1.22 bits per heavy atom. The molecule has 16 aliphatic heterocycles. The summed E-state index contributed by atoms with van der Waals surface area (Å²) in [5.74, 6) is -2.81. The Bertz CT molecular complexity index is 2410. The first-order valence-corrected chi connectivity index (χ1v) is 30.1. The van der Waals surface area contributed by atoms with Crippen LogP contribution in [0.4, 0.5) is 0 Å². The average Bonchev–Trinajstić information content (AvgIpc) is 4.18. The van der Waals surface area contributed by atoms with Crippen molar-refractivity contribution in [1.82, 2.24) is 0 Å². The molecule has 3 unspecified atom stereocenters. The second-order valence-electron chi connectivity index (χ2n) is 26.9. The van der Waals surface area contributed by atoms with Gasteiger partial charge in [-0.25, -0.2) is 0 Å². The molecule has 16 fully saturated rings. The lowest BCUT2D eigenvalue weighted by atomic mass is 9.78. The van der Waals surface area contributed by atoms with Crippen molar-refractivity contribution in [1.29, 1.82) is 0 Å². The first-order chi connectivity index (χ1) is 37.6. The van der Waals surface area contributed by atoms with E-state index in [0.717, 1.165) is 49.7 Å². The van der Waals surface area contributed by atoms with E-state index in [-0.39, 0.29) is 146 Å². The summed E-state index contributed by atoms with van der Waals surface area (Å²) in [6, 6.07) is 0. The van der Waals surface area contributed by atoms with Crippen LogP contribution < -0.4 is 0 Å². The monoisotopic (exact) mass is 1090 g/mol. The summed E-state index contributed by atoms with van der Waals surface area (Å²) in [4.78, 5) is 17.4. The Kier molecular flexibility index (Phi) is 13.2. The van der Waals surface area contributed by atoms with Gasteiger partial charge in [-0.1, -0.05) is 46.0 Å². The second-order valence-corrected chi connectivity index (χ2v) is 26.9. The predicted octanol–water partition coefficient (Wildman–Crippen LogP) is 6.49. The maximum absolute atomic E-state index is 14.6. The molecular weight excluding hydrogens is 1010 g/mol. The standard InChI is InChI=1S/C58H81N3O17/c1-25-13-31-7-9-35-26(2)14-33(64-35)11-12-56-22-43-52(77-56)53-54(70-43)55(78-56)51-36(68-53)10-8-32(66-51)15-46(63)72-50-30(6)49-40(67-39(50)17-37(65-31)29(25)5)18-38-42(69-49)21-58(73-38)23-44-48(76-58)28(4)20-57(75-44)19-27(3)47-41(74-57)16-34(62)45(71-47)24-60-61-59/h25,27-28,30-45,47-55,62H,2,5,7-24H2,1,3-4,6H3/t25-,27+,28+,30+,31+,32-,33+,34-,35+,36+,37-,38-,39+,40+,41+,42-,43-,44+,45-,47+,48+,49+,50-,51+,52?,53+,54?,55?,56+,57-,58+/m1/s1. The van der Waals surface area contributed by atoms with E-state index in [1.165, 1.54) is 0 Å². The third-order valence-electron chi connectivity index (χ3n) is 21.5. The molecule has 16 rings (SSSR count). The molecule has 20 nitrogen and oxygen atoms in total. The molecule has 16 saturated heterocycles. The Hall–Kier alpha value is -2.34. The molecule has 20 heteroatoms. The fourth-order valence-electron chi connectivity index (χ4n) is 17.9. The third kappa shape index (κ3) is 8.93. The van der Waals surface area contributed by atoms with Gasteiger partial charge in [0.25, 0.3) is 0 Å². The van der Waals surface area contributed by atoms with Crippen LogP contribution in [0.1, 0.15) is 137 Å². The number of rotatable bonds is 2. The average molecular weight is 1090 g/mol. The lowest BCUT2D eigenvalue weighted by Crippen LogP contribution is -2.62. The number of fused-ring (bicyclic) bond motifs is 10. The van der Waals surface area contributed by atoms with Crippen molar-refractivity contribution in [3.63, 3.8) is 0 Å². The van der Waals surface area contributed by atoms with E-state index in [1.807, 2.05) is 0 Å². The fraction of sp³-hybridized carbons (Fsp3) is 0.914. The van der Waals surface area contributed by atoms with Gasteiger partial charge in [0, 0.05) is 68.6 Å². The van der Waals surface area contributed by atoms with Crippen LogP contribution in [-0.4, -0.2) is 181 Å². The number of hydrogen-bond donors (Lipinski definition) is 1. The Morgan fingerprint density at radius 3 is 2.08 bits per heavy atom. The molecule has 0 amide bonds. The van der Waals surface area contributed by atoms with Gasteiger partial charge in [0.2, 0.25) is 0 Å². The van der Waals surface area contributed by atoms with E-state index in [4.69, 9.17) is 76.6 Å². The zero-order valence-electron chi connectivity index (χ0n) is 45.6. The molecule has 0 saturated carbocycles. The van der Waals surface area contributed by atoms with Gasteiger partial charge in [0.05, 0.1) is 123 Å². The molecular formula is C58H81N3O17. The Labute approximate surface area is 456 Å². The predicted molar refractivity (Wildman–Crippen MR) is 270 cm³/mol. The molecule has 3 spiro atoms. The van der Waals surface area contributed by atoms with Gasteiger partial charge >= 0.3 is 5.97 Å². The number of esters is 1. The van der Waals surface area contributed by atoms with E-state index in [2.05, 4.69) is 50.9 Å². The molecule has 0 aromatic heterocycles. The molecule has 16 aliphatic rings. The molecule has 430 valence electrons. The summed E-state index contributed by atoms with van der Waals surface area (Å²) in [5.41, 5.74) is 11.1. The second kappa shape index (κ2) is 19.6. The number of azide groups is 1. The van der Waals surface area contributed by atoms with Crippen molar-refractivity contribution >= 4 is 5.97 Å².